The van der Waals surface area contributed by atoms with Crippen LogP contribution in [0.5, 0.6) is 0 Å². The van der Waals surface area contributed by atoms with Gasteiger partial charge in [-0.15, -0.1) is 0 Å². The van der Waals surface area contributed by atoms with Gasteiger partial charge >= 0.3 is 0 Å². The van der Waals surface area contributed by atoms with Crippen molar-refractivity contribution in [1.82, 2.24) is 5.32 Å². The molecule has 3 aliphatic rings. The fourth-order valence-corrected chi connectivity index (χ4v) is 3.79. The smallest absolute Gasteiger partial charge is 0.115 e. The van der Waals surface area contributed by atoms with E-state index in [2.05, 4.69) is 5.32 Å². The minimum Gasteiger partial charge on any atom is -0.378 e. The van der Waals surface area contributed by atoms with Crippen LogP contribution in [0.15, 0.2) is 0 Å². The Morgan fingerprint density at radius 2 is 2.06 bits per heavy atom. The van der Waals surface area contributed by atoms with Crippen LogP contribution in [-0.4, -0.2) is 44.2 Å². The second-order valence-corrected chi connectivity index (χ2v) is 6.16. The van der Waals surface area contributed by atoms with E-state index in [0.717, 1.165) is 45.4 Å². The molecule has 0 radical (unpaired) electrons. The zero-order valence-corrected chi connectivity index (χ0v) is 11.0. The number of rotatable bonds is 1. The lowest BCUT2D eigenvalue weighted by Gasteiger charge is -2.43. The summed E-state index contributed by atoms with van der Waals surface area (Å²) in [5.41, 5.74) is -1.15. The van der Waals surface area contributed by atoms with Gasteiger partial charge in [0.05, 0.1) is 12.2 Å². The van der Waals surface area contributed by atoms with Crippen molar-refractivity contribution >= 4 is 0 Å². The molecule has 1 spiro atoms. The molecule has 0 aromatic rings. The molecule has 3 rings (SSSR count). The van der Waals surface area contributed by atoms with Gasteiger partial charge in [-0.1, -0.05) is 0 Å². The normalized spacial score (nSPS) is 46.2. The van der Waals surface area contributed by atoms with E-state index in [-0.39, 0.29) is 11.5 Å². The number of ether oxygens (including phenoxy) is 2. The van der Waals surface area contributed by atoms with E-state index in [9.17, 15) is 0 Å². The third-order valence-corrected chi connectivity index (χ3v) is 4.96. The van der Waals surface area contributed by atoms with Gasteiger partial charge in [-0.25, -0.2) is 4.39 Å². The first-order valence-corrected chi connectivity index (χ1v) is 7.34. The van der Waals surface area contributed by atoms with Gasteiger partial charge in [-0.2, -0.15) is 0 Å². The molecule has 0 aliphatic carbocycles. The molecule has 0 amide bonds. The monoisotopic (exact) mass is 257 g/mol. The van der Waals surface area contributed by atoms with Gasteiger partial charge in [0.15, 0.2) is 0 Å². The van der Waals surface area contributed by atoms with Gasteiger partial charge in [0, 0.05) is 19.6 Å². The van der Waals surface area contributed by atoms with Gasteiger partial charge in [0.2, 0.25) is 0 Å². The van der Waals surface area contributed by atoms with Crippen LogP contribution in [0.3, 0.4) is 0 Å². The van der Waals surface area contributed by atoms with E-state index in [1.54, 1.807) is 0 Å². The highest BCUT2D eigenvalue weighted by molar-refractivity contribution is 4.98. The maximum atomic E-state index is 15.2. The quantitative estimate of drug-likeness (QED) is 0.780. The van der Waals surface area contributed by atoms with Gasteiger partial charge < -0.3 is 14.8 Å². The van der Waals surface area contributed by atoms with E-state index in [1.807, 2.05) is 0 Å². The molecular formula is C14H24FNO2. The molecule has 0 saturated carbocycles. The average Bonchev–Trinajstić information content (AvgIpc) is 2.69. The molecule has 3 unspecified atom stereocenters. The predicted molar refractivity (Wildman–Crippen MR) is 67.4 cm³/mol. The fourth-order valence-electron chi connectivity index (χ4n) is 3.79. The largest absolute Gasteiger partial charge is 0.378 e. The fraction of sp³-hybridized carbons (Fsp3) is 1.00. The lowest BCUT2D eigenvalue weighted by Crippen LogP contribution is -2.47. The summed E-state index contributed by atoms with van der Waals surface area (Å²) in [4.78, 5) is 0. The third-order valence-electron chi connectivity index (χ3n) is 4.96. The Labute approximate surface area is 108 Å². The van der Waals surface area contributed by atoms with Crippen LogP contribution in [0.4, 0.5) is 4.39 Å². The molecule has 104 valence electrons. The highest BCUT2D eigenvalue weighted by Crippen LogP contribution is 2.45. The number of alkyl halides is 1. The number of hydrogen-bond acceptors (Lipinski definition) is 3. The minimum absolute atomic E-state index is 0.160. The Morgan fingerprint density at radius 3 is 2.89 bits per heavy atom. The average molecular weight is 257 g/mol. The number of nitrogens with one attached hydrogen (secondary N) is 1. The van der Waals surface area contributed by atoms with Gasteiger partial charge in [0.1, 0.15) is 5.67 Å². The summed E-state index contributed by atoms with van der Waals surface area (Å²) >= 11 is 0. The molecule has 18 heavy (non-hydrogen) atoms. The van der Waals surface area contributed by atoms with Crippen LogP contribution in [0.25, 0.3) is 0 Å². The Hall–Kier alpha value is -0.190. The molecule has 3 atom stereocenters. The van der Waals surface area contributed by atoms with Crippen molar-refractivity contribution in [2.75, 3.05) is 32.9 Å². The van der Waals surface area contributed by atoms with E-state index < -0.39 is 5.67 Å². The Kier molecular flexibility index (Phi) is 3.61. The summed E-state index contributed by atoms with van der Waals surface area (Å²) in [6.45, 7) is 3.92. The topological polar surface area (TPSA) is 30.5 Å². The van der Waals surface area contributed by atoms with Crippen LogP contribution in [-0.2, 0) is 9.47 Å². The summed E-state index contributed by atoms with van der Waals surface area (Å²) < 4.78 is 26.6. The maximum Gasteiger partial charge on any atom is 0.115 e. The lowest BCUT2D eigenvalue weighted by molar-refractivity contribution is -0.126. The summed E-state index contributed by atoms with van der Waals surface area (Å²) in [5.74, 6) is 0.160. The zero-order chi connectivity index (χ0) is 12.5. The highest BCUT2D eigenvalue weighted by atomic mass is 19.1. The Bertz CT molecular complexity index is 284. The summed E-state index contributed by atoms with van der Waals surface area (Å²) in [7, 11) is 0. The van der Waals surface area contributed by atoms with Crippen LogP contribution in [0.1, 0.15) is 38.5 Å². The van der Waals surface area contributed by atoms with Gasteiger partial charge in [-0.05, 0) is 51.1 Å². The van der Waals surface area contributed by atoms with E-state index in [0.29, 0.717) is 26.1 Å². The number of halogens is 1. The number of hydrogen-bond donors (Lipinski definition) is 1. The van der Waals surface area contributed by atoms with Crippen molar-refractivity contribution in [3.8, 4) is 0 Å². The first-order chi connectivity index (χ1) is 8.73. The Balaban J connectivity index is 1.70. The molecule has 1 N–H and O–H groups in total. The molecule has 3 heterocycles. The van der Waals surface area contributed by atoms with Crippen LogP contribution >= 0.6 is 0 Å². The standard InChI is InChI=1S/C14H24FNO2/c15-14(3-1-6-16-7-4-14)12-2-8-18-13(10-12)5-9-17-11-13/h12,16H,1-11H2. The molecule has 0 bridgehead atoms. The second kappa shape index (κ2) is 5.06. The van der Waals surface area contributed by atoms with Crippen molar-refractivity contribution in [1.29, 1.82) is 0 Å². The van der Waals surface area contributed by atoms with Crippen molar-refractivity contribution in [3.05, 3.63) is 0 Å². The molecule has 0 aromatic carbocycles. The van der Waals surface area contributed by atoms with Gasteiger partial charge in [0.25, 0.3) is 0 Å². The van der Waals surface area contributed by atoms with Crippen molar-refractivity contribution in [2.24, 2.45) is 5.92 Å². The molecule has 3 fully saturated rings. The molecule has 0 aromatic heterocycles. The summed E-state index contributed by atoms with van der Waals surface area (Å²) in [6.07, 6.45) is 4.99. The highest BCUT2D eigenvalue weighted by Gasteiger charge is 2.48. The maximum absolute atomic E-state index is 15.2. The van der Waals surface area contributed by atoms with Crippen LogP contribution < -0.4 is 5.32 Å². The molecule has 3 aliphatic heterocycles. The van der Waals surface area contributed by atoms with Crippen LogP contribution in [0.2, 0.25) is 0 Å². The third kappa shape index (κ3) is 2.43. The first kappa shape index (κ1) is 12.8. The SMILES string of the molecule is FC1(C2CCOC3(CCOC3)C2)CCCNCC1. The molecule has 3 saturated heterocycles. The van der Waals surface area contributed by atoms with Crippen molar-refractivity contribution in [2.45, 2.75) is 49.8 Å². The van der Waals surface area contributed by atoms with Crippen LogP contribution in [0, 0.1) is 5.92 Å². The summed E-state index contributed by atoms with van der Waals surface area (Å²) in [6, 6.07) is 0. The predicted octanol–water partition coefficient (Wildman–Crippen LogP) is 2.05. The first-order valence-electron chi connectivity index (χ1n) is 7.34. The summed E-state index contributed by atoms with van der Waals surface area (Å²) in [5, 5.41) is 3.31. The van der Waals surface area contributed by atoms with Crippen molar-refractivity contribution in [3.63, 3.8) is 0 Å². The van der Waals surface area contributed by atoms with Crippen molar-refractivity contribution < 1.29 is 13.9 Å². The van der Waals surface area contributed by atoms with Gasteiger partial charge in [-0.3, -0.25) is 0 Å². The molecular weight excluding hydrogens is 233 g/mol. The molecule has 4 heteroatoms. The van der Waals surface area contributed by atoms with E-state index >= 15 is 4.39 Å². The second-order valence-electron chi connectivity index (χ2n) is 6.16. The van der Waals surface area contributed by atoms with E-state index in [1.165, 1.54) is 0 Å². The van der Waals surface area contributed by atoms with E-state index in [4.69, 9.17) is 9.47 Å². The lowest BCUT2D eigenvalue weighted by atomic mass is 9.73. The minimum atomic E-state index is -0.983. The molecule has 3 nitrogen and oxygen atoms in total. The Morgan fingerprint density at radius 1 is 1.11 bits per heavy atom. The zero-order valence-electron chi connectivity index (χ0n) is 11.0.